The first kappa shape index (κ1) is 13.7. The maximum Gasteiger partial charge on any atom is 0.312 e. The highest BCUT2D eigenvalue weighted by Crippen LogP contribution is 2.26. The van der Waals surface area contributed by atoms with Gasteiger partial charge in [-0.25, -0.2) is 0 Å². The predicted octanol–water partition coefficient (Wildman–Crippen LogP) is 1.70. The van der Waals surface area contributed by atoms with Crippen LogP contribution in [-0.4, -0.2) is 24.7 Å². The normalized spacial score (nSPS) is 13.4. The lowest BCUT2D eigenvalue weighted by atomic mass is 9.91. The summed E-state index contributed by atoms with van der Waals surface area (Å²) in [5.41, 5.74) is 6.70. The Bertz CT molecular complexity index is 401. The Morgan fingerprint density at radius 2 is 2.18 bits per heavy atom. The average Bonchev–Trinajstić information content (AvgIpc) is 2.30. The third-order valence-corrected chi connectivity index (χ3v) is 3.03. The first-order valence-electron chi connectivity index (χ1n) is 5.51. The molecule has 0 saturated carbocycles. The van der Waals surface area contributed by atoms with Crippen molar-refractivity contribution >= 4 is 5.97 Å². The molecule has 0 bridgehead atoms. The van der Waals surface area contributed by atoms with Gasteiger partial charge in [0.2, 0.25) is 0 Å². The van der Waals surface area contributed by atoms with Crippen LogP contribution in [-0.2, 0) is 15.1 Å². The van der Waals surface area contributed by atoms with Gasteiger partial charge in [-0.05, 0) is 25.0 Å². The van der Waals surface area contributed by atoms with Crippen LogP contribution in [0.2, 0.25) is 0 Å². The Labute approximate surface area is 101 Å². The van der Waals surface area contributed by atoms with Crippen molar-refractivity contribution in [1.82, 2.24) is 0 Å². The van der Waals surface area contributed by atoms with E-state index >= 15 is 0 Å². The number of carbonyl (C=O) groups is 1. The third kappa shape index (κ3) is 3.05. The van der Waals surface area contributed by atoms with Crippen molar-refractivity contribution in [3.05, 3.63) is 35.4 Å². The molecule has 0 aliphatic carbocycles. The largest absolute Gasteiger partial charge is 0.481 e. The van der Waals surface area contributed by atoms with Crippen LogP contribution in [0.3, 0.4) is 0 Å². The van der Waals surface area contributed by atoms with E-state index in [-0.39, 0.29) is 6.54 Å². The highest BCUT2D eigenvalue weighted by atomic mass is 16.5. The molecule has 3 N–H and O–H groups in total. The molecule has 0 aromatic heterocycles. The molecule has 4 nitrogen and oxygen atoms in total. The van der Waals surface area contributed by atoms with Crippen molar-refractivity contribution in [2.75, 3.05) is 13.7 Å². The molecule has 1 aromatic carbocycles. The second kappa shape index (κ2) is 5.29. The highest BCUT2D eigenvalue weighted by Gasteiger charge is 2.23. The summed E-state index contributed by atoms with van der Waals surface area (Å²) in [5.74, 6) is -1.57. The monoisotopic (exact) mass is 237 g/mol. The van der Waals surface area contributed by atoms with Crippen LogP contribution in [0, 0.1) is 0 Å². The van der Waals surface area contributed by atoms with Gasteiger partial charge in [0.15, 0.2) is 0 Å². The van der Waals surface area contributed by atoms with E-state index in [1.54, 1.807) is 13.2 Å². The predicted molar refractivity (Wildman–Crippen MR) is 65.9 cm³/mol. The molecule has 17 heavy (non-hydrogen) atoms. The van der Waals surface area contributed by atoms with Crippen molar-refractivity contribution in [2.45, 2.75) is 25.4 Å². The highest BCUT2D eigenvalue weighted by molar-refractivity contribution is 5.76. The minimum absolute atomic E-state index is 0.0895. The molecule has 0 aliphatic heterocycles. The summed E-state index contributed by atoms with van der Waals surface area (Å²) < 4.78 is 5.37. The van der Waals surface area contributed by atoms with Crippen molar-refractivity contribution in [1.29, 1.82) is 0 Å². The van der Waals surface area contributed by atoms with Crippen molar-refractivity contribution in [2.24, 2.45) is 5.73 Å². The lowest BCUT2D eigenvalue weighted by Crippen LogP contribution is -2.23. The summed E-state index contributed by atoms with van der Waals surface area (Å²) in [5, 5.41) is 9.07. The van der Waals surface area contributed by atoms with Gasteiger partial charge >= 0.3 is 5.97 Å². The summed E-state index contributed by atoms with van der Waals surface area (Å²) in [4.78, 5) is 11.1. The van der Waals surface area contributed by atoms with Gasteiger partial charge in [-0.15, -0.1) is 0 Å². The maximum absolute atomic E-state index is 11.1. The van der Waals surface area contributed by atoms with E-state index in [0.717, 1.165) is 5.56 Å². The minimum atomic E-state index is -0.903. The van der Waals surface area contributed by atoms with E-state index in [2.05, 4.69) is 0 Å². The second-order valence-electron chi connectivity index (χ2n) is 4.47. The molecule has 4 heteroatoms. The maximum atomic E-state index is 11.1. The van der Waals surface area contributed by atoms with E-state index in [9.17, 15) is 4.79 Å². The summed E-state index contributed by atoms with van der Waals surface area (Å²) in [6.45, 7) is 3.96. The molecule has 1 unspecified atom stereocenters. The number of nitrogens with two attached hydrogens (primary N) is 1. The number of aliphatic carboxylic acids is 1. The van der Waals surface area contributed by atoms with Gasteiger partial charge in [0.05, 0.1) is 11.5 Å². The van der Waals surface area contributed by atoms with Gasteiger partial charge < -0.3 is 15.6 Å². The van der Waals surface area contributed by atoms with Crippen molar-refractivity contribution < 1.29 is 14.6 Å². The number of carboxylic acid groups (broad SMARTS) is 1. The first-order chi connectivity index (χ1) is 7.92. The Morgan fingerprint density at radius 3 is 2.65 bits per heavy atom. The molecule has 1 aromatic rings. The smallest absolute Gasteiger partial charge is 0.312 e. The molecular weight excluding hydrogens is 218 g/mol. The zero-order valence-electron chi connectivity index (χ0n) is 10.4. The van der Waals surface area contributed by atoms with Gasteiger partial charge in [-0.1, -0.05) is 24.3 Å². The van der Waals surface area contributed by atoms with Gasteiger partial charge in [0.25, 0.3) is 0 Å². The van der Waals surface area contributed by atoms with E-state index in [4.69, 9.17) is 15.6 Å². The molecule has 0 spiro atoms. The van der Waals surface area contributed by atoms with E-state index in [0.29, 0.717) is 5.56 Å². The number of methoxy groups -OCH3 is 1. The van der Waals surface area contributed by atoms with Gasteiger partial charge in [0.1, 0.15) is 0 Å². The third-order valence-electron chi connectivity index (χ3n) is 3.03. The van der Waals surface area contributed by atoms with Gasteiger partial charge in [-0.3, -0.25) is 4.79 Å². The fraction of sp³-hybridized carbons (Fsp3) is 0.462. The molecule has 1 atom stereocenters. The summed E-state index contributed by atoms with van der Waals surface area (Å²) in [6.07, 6.45) is 0. The van der Waals surface area contributed by atoms with E-state index < -0.39 is 17.5 Å². The van der Waals surface area contributed by atoms with E-state index in [1.807, 2.05) is 32.0 Å². The summed E-state index contributed by atoms with van der Waals surface area (Å²) in [6, 6.07) is 7.37. The van der Waals surface area contributed by atoms with E-state index in [1.165, 1.54) is 0 Å². The summed E-state index contributed by atoms with van der Waals surface area (Å²) in [7, 11) is 1.63. The molecule has 0 saturated heterocycles. The van der Waals surface area contributed by atoms with Crippen molar-refractivity contribution in [3.8, 4) is 0 Å². The second-order valence-corrected chi connectivity index (χ2v) is 4.47. The molecule has 94 valence electrons. The number of hydrogen-bond donors (Lipinski definition) is 2. The van der Waals surface area contributed by atoms with Crippen LogP contribution in [0.4, 0.5) is 0 Å². The molecule has 0 amide bonds. The molecule has 0 fully saturated rings. The Morgan fingerprint density at radius 1 is 1.53 bits per heavy atom. The number of ether oxygens (including phenoxy) is 1. The van der Waals surface area contributed by atoms with Gasteiger partial charge in [0, 0.05) is 13.7 Å². The molecule has 0 heterocycles. The Kier molecular flexibility index (Phi) is 4.26. The quantitative estimate of drug-likeness (QED) is 0.817. The average molecular weight is 237 g/mol. The van der Waals surface area contributed by atoms with Crippen LogP contribution in [0.25, 0.3) is 0 Å². The fourth-order valence-corrected chi connectivity index (χ4v) is 1.63. The van der Waals surface area contributed by atoms with Crippen LogP contribution in [0.15, 0.2) is 24.3 Å². The van der Waals surface area contributed by atoms with Crippen LogP contribution < -0.4 is 5.73 Å². The minimum Gasteiger partial charge on any atom is -0.481 e. The number of hydrogen-bond acceptors (Lipinski definition) is 3. The zero-order valence-corrected chi connectivity index (χ0v) is 10.4. The number of rotatable bonds is 5. The van der Waals surface area contributed by atoms with Crippen molar-refractivity contribution in [3.63, 3.8) is 0 Å². The molecular formula is C13H19NO3. The zero-order chi connectivity index (χ0) is 13.1. The lowest BCUT2D eigenvalue weighted by Gasteiger charge is -2.24. The number of benzene rings is 1. The molecule has 0 radical (unpaired) electrons. The van der Waals surface area contributed by atoms with Crippen LogP contribution in [0.5, 0.6) is 0 Å². The number of carboxylic acids is 1. The Balaban J connectivity index is 3.12. The van der Waals surface area contributed by atoms with Crippen LogP contribution in [0.1, 0.15) is 30.9 Å². The molecule has 0 aliphatic rings. The van der Waals surface area contributed by atoms with Crippen LogP contribution >= 0.6 is 0 Å². The fourth-order valence-electron chi connectivity index (χ4n) is 1.63. The topological polar surface area (TPSA) is 72.5 Å². The standard InChI is InChI=1S/C13H19NO3/c1-13(2,17-3)10-6-4-5-9(7-10)11(8-14)12(15)16/h4-7,11H,8,14H2,1-3H3,(H,15,16). The lowest BCUT2D eigenvalue weighted by molar-refractivity contribution is -0.138. The Hall–Kier alpha value is -1.39. The van der Waals surface area contributed by atoms with Gasteiger partial charge in [-0.2, -0.15) is 0 Å². The first-order valence-corrected chi connectivity index (χ1v) is 5.51. The molecule has 1 rings (SSSR count). The SMILES string of the molecule is COC(C)(C)c1cccc(C(CN)C(=O)O)c1. The summed E-state index contributed by atoms with van der Waals surface area (Å²) >= 11 is 0.